The van der Waals surface area contributed by atoms with Gasteiger partial charge in [0, 0.05) is 34.5 Å². The van der Waals surface area contributed by atoms with Crippen molar-refractivity contribution in [3.63, 3.8) is 0 Å². The predicted molar refractivity (Wildman–Crippen MR) is 110 cm³/mol. The normalized spacial score (nSPS) is 13.1. The molecule has 9 heteroatoms. The van der Waals surface area contributed by atoms with E-state index in [0.717, 1.165) is 15.7 Å². The first kappa shape index (κ1) is 23.1. The Morgan fingerprint density at radius 2 is 1.45 bits per heavy atom. The zero-order valence-electron chi connectivity index (χ0n) is 15.9. The Labute approximate surface area is 183 Å². The molecule has 1 atom stereocenters. The number of nitrogens with zero attached hydrogens (tertiary/aromatic N) is 1. The minimum atomic E-state index is -4.89. The SMILES string of the molecule is FC(F)(F)c1cc(NC[C@@H](Cc2ccccn2)c2ccc(Br)cc2)cc(C(F)(F)F)c1. The van der Waals surface area contributed by atoms with Gasteiger partial charge < -0.3 is 5.32 Å². The van der Waals surface area contributed by atoms with Crippen LogP contribution >= 0.6 is 15.9 Å². The van der Waals surface area contributed by atoms with Crippen molar-refractivity contribution in [2.75, 3.05) is 11.9 Å². The van der Waals surface area contributed by atoms with Gasteiger partial charge in [-0.3, -0.25) is 4.98 Å². The highest BCUT2D eigenvalue weighted by Crippen LogP contribution is 2.37. The Morgan fingerprint density at radius 3 is 1.97 bits per heavy atom. The summed E-state index contributed by atoms with van der Waals surface area (Å²) < 4.78 is 79.6. The van der Waals surface area contributed by atoms with Crippen molar-refractivity contribution in [2.24, 2.45) is 0 Å². The third-order valence-corrected chi connectivity index (χ3v) is 5.19. The summed E-state index contributed by atoms with van der Waals surface area (Å²) in [5.74, 6) is -0.230. The van der Waals surface area contributed by atoms with Crippen molar-refractivity contribution in [1.82, 2.24) is 4.98 Å². The number of halogens is 7. The topological polar surface area (TPSA) is 24.9 Å². The van der Waals surface area contributed by atoms with Crippen LogP contribution in [0.15, 0.2) is 71.3 Å². The zero-order chi connectivity index (χ0) is 22.6. The summed E-state index contributed by atoms with van der Waals surface area (Å²) in [6.07, 6.45) is -7.70. The molecule has 0 aliphatic rings. The summed E-state index contributed by atoms with van der Waals surface area (Å²) in [4.78, 5) is 4.27. The standard InChI is InChI=1S/C22H17BrF6N2/c23-18-6-4-14(5-7-18)15(9-19-3-1-2-8-30-19)13-31-20-11-16(21(24,25)26)10-17(12-20)22(27,28)29/h1-8,10-12,15,31H,9,13H2/t15-/m1/s1. The van der Waals surface area contributed by atoms with E-state index in [1.54, 1.807) is 12.3 Å². The van der Waals surface area contributed by atoms with E-state index in [0.29, 0.717) is 18.6 Å². The Hall–Kier alpha value is -2.55. The van der Waals surface area contributed by atoms with Gasteiger partial charge in [-0.25, -0.2) is 0 Å². The fourth-order valence-corrected chi connectivity index (χ4v) is 3.38. The van der Waals surface area contributed by atoms with E-state index in [1.165, 1.54) is 0 Å². The minimum Gasteiger partial charge on any atom is -0.384 e. The molecule has 0 aliphatic carbocycles. The van der Waals surface area contributed by atoms with E-state index in [1.807, 2.05) is 36.4 Å². The molecule has 1 aromatic heterocycles. The van der Waals surface area contributed by atoms with Gasteiger partial charge in [-0.15, -0.1) is 0 Å². The van der Waals surface area contributed by atoms with Gasteiger partial charge in [-0.05, 0) is 54.4 Å². The van der Waals surface area contributed by atoms with Crippen molar-refractivity contribution >= 4 is 21.6 Å². The van der Waals surface area contributed by atoms with E-state index in [2.05, 4.69) is 26.2 Å². The van der Waals surface area contributed by atoms with Crippen LogP contribution in [0.5, 0.6) is 0 Å². The predicted octanol–water partition coefficient (Wildman–Crippen LogP) is 7.32. The third-order valence-electron chi connectivity index (χ3n) is 4.66. The van der Waals surface area contributed by atoms with Crippen molar-refractivity contribution < 1.29 is 26.3 Å². The van der Waals surface area contributed by atoms with Gasteiger partial charge in [0.05, 0.1) is 11.1 Å². The van der Waals surface area contributed by atoms with Crippen LogP contribution in [0.2, 0.25) is 0 Å². The molecule has 0 aliphatic heterocycles. The van der Waals surface area contributed by atoms with Crippen LogP contribution in [0.25, 0.3) is 0 Å². The Balaban J connectivity index is 1.89. The quantitative estimate of drug-likeness (QED) is 0.357. The number of nitrogens with one attached hydrogen (secondary N) is 1. The third kappa shape index (κ3) is 6.46. The van der Waals surface area contributed by atoms with E-state index in [-0.39, 0.29) is 24.2 Å². The Morgan fingerprint density at radius 1 is 0.839 bits per heavy atom. The lowest BCUT2D eigenvalue weighted by molar-refractivity contribution is -0.143. The molecule has 2 aromatic carbocycles. The summed E-state index contributed by atoms with van der Waals surface area (Å²) in [6, 6.07) is 14.2. The Kier molecular flexibility index (Phi) is 6.93. The zero-order valence-corrected chi connectivity index (χ0v) is 17.5. The highest BCUT2D eigenvalue weighted by Gasteiger charge is 2.37. The molecule has 3 rings (SSSR count). The second-order valence-electron chi connectivity index (χ2n) is 6.95. The highest BCUT2D eigenvalue weighted by molar-refractivity contribution is 9.10. The molecule has 1 heterocycles. The molecule has 2 nitrogen and oxygen atoms in total. The average molecular weight is 503 g/mol. The average Bonchev–Trinajstić information content (AvgIpc) is 2.71. The van der Waals surface area contributed by atoms with Crippen molar-refractivity contribution in [3.8, 4) is 0 Å². The maximum atomic E-state index is 13.1. The molecular weight excluding hydrogens is 486 g/mol. The van der Waals surface area contributed by atoms with Crippen LogP contribution in [-0.2, 0) is 18.8 Å². The lowest BCUT2D eigenvalue weighted by Crippen LogP contribution is -2.17. The van der Waals surface area contributed by atoms with E-state index < -0.39 is 23.5 Å². The van der Waals surface area contributed by atoms with Crippen LogP contribution < -0.4 is 5.32 Å². The van der Waals surface area contributed by atoms with Crippen LogP contribution in [0, 0.1) is 0 Å². The fraction of sp³-hybridized carbons (Fsp3) is 0.227. The van der Waals surface area contributed by atoms with Crippen LogP contribution in [0.4, 0.5) is 32.0 Å². The molecule has 0 saturated heterocycles. The first-order valence-electron chi connectivity index (χ1n) is 9.21. The largest absolute Gasteiger partial charge is 0.416 e. The molecule has 0 radical (unpaired) electrons. The van der Waals surface area contributed by atoms with Gasteiger partial charge in [0.1, 0.15) is 0 Å². The summed E-state index contributed by atoms with van der Waals surface area (Å²) in [5.41, 5.74) is -1.31. The summed E-state index contributed by atoms with van der Waals surface area (Å²) in [7, 11) is 0. The van der Waals surface area contributed by atoms with Gasteiger partial charge >= 0.3 is 12.4 Å². The number of pyridine rings is 1. The number of benzene rings is 2. The molecule has 0 bridgehead atoms. The number of aromatic nitrogens is 1. The second kappa shape index (κ2) is 9.30. The van der Waals surface area contributed by atoms with Gasteiger partial charge in [0.15, 0.2) is 0 Å². The van der Waals surface area contributed by atoms with Crippen LogP contribution in [0.1, 0.15) is 28.3 Å². The number of hydrogen-bond donors (Lipinski definition) is 1. The number of anilines is 1. The summed E-state index contributed by atoms with van der Waals surface area (Å²) in [6.45, 7) is 0.122. The van der Waals surface area contributed by atoms with Crippen molar-refractivity contribution in [2.45, 2.75) is 24.7 Å². The summed E-state index contributed by atoms with van der Waals surface area (Å²) >= 11 is 3.35. The van der Waals surface area contributed by atoms with E-state index >= 15 is 0 Å². The van der Waals surface area contributed by atoms with Gasteiger partial charge in [0.25, 0.3) is 0 Å². The molecular formula is C22H17BrF6N2. The van der Waals surface area contributed by atoms with Crippen LogP contribution in [-0.4, -0.2) is 11.5 Å². The van der Waals surface area contributed by atoms with Gasteiger partial charge in [-0.2, -0.15) is 26.3 Å². The molecule has 164 valence electrons. The number of alkyl halides is 6. The smallest absolute Gasteiger partial charge is 0.384 e. The molecule has 0 fully saturated rings. The molecule has 0 spiro atoms. The van der Waals surface area contributed by atoms with Gasteiger partial charge in [-0.1, -0.05) is 34.1 Å². The highest BCUT2D eigenvalue weighted by atomic mass is 79.9. The van der Waals surface area contributed by atoms with E-state index in [9.17, 15) is 26.3 Å². The lowest BCUT2D eigenvalue weighted by atomic mass is 9.93. The van der Waals surface area contributed by atoms with Gasteiger partial charge in [0.2, 0.25) is 0 Å². The molecule has 0 saturated carbocycles. The van der Waals surface area contributed by atoms with Crippen molar-refractivity contribution in [3.05, 3.63) is 93.7 Å². The number of hydrogen-bond acceptors (Lipinski definition) is 2. The maximum Gasteiger partial charge on any atom is 0.416 e. The van der Waals surface area contributed by atoms with E-state index in [4.69, 9.17) is 0 Å². The fourth-order valence-electron chi connectivity index (χ4n) is 3.11. The number of rotatable bonds is 6. The minimum absolute atomic E-state index is 0.116. The molecule has 0 unspecified atom stereocenters. The molecule has 31 heavy (non-hydrogen) atoms. The maximum absolute atomic E-state index is 13.1. The first-order valence-corrected chi connectivity index (χ1v) is 10.0. The lowest BCUT2D eigenvalue weighted by Gasteiger charge is -2.20. The summed E-state index contributed by atoms with van der Waals surface area (Å²) in [5, 5.41) is 2.76. The second-order valence-corrected chi connectivity index (χ2v) is 7.86. The molecule has 1 N–H and O–H groups in total. The first-order chi connectivity index (χ1) is 14.5. The monoisotopic (exact) mass is 502 g/mol. The molecule has 3 aromatic rings. The Bertz CT molecular complexity index is 969. The molecule has 0 amide bonds. The van der Waals surface area contributed by atoms with Crippen molar-refractivity contribution in [1.29, 1.82) is 0 Å². The van der Waals surface area contributed by atoms with Crippen LogP contribution in [0.3, 0.4) is 0 Å².